The fraction of sp³-hybridized carbons (Fsp3) is 0.286. The maximum absolute atomic E-state index is 12.9. The summed E-state index contributed by atoms with van der Waals surface area (Å²) in [5.74, 6) is -0.104. The molecule has 1 aliphatic heterocycles. The van der Waals surface area contributed by atoms with E-state index >= 15 is 0 Å². The predicted molar refractivity (Wildman–Crippen MR) is 122 cm³/mol. The van der Waals surface area contributed by atoms with Gasteiger partial charge in [0.25, 0.3) is 10.0 Å². The van der Waals surface area contributed by atoms with Crippen molar-refractivity contribution in [1.29, 1.82) is 0 Å². The van der Waals surface area contributed by atoms with Crippen LogP contribution in [0.15, 0.2) is 58.8 Å². The quantitative estimate of drug-likeness (QED) is 0.623. The molecule has 1 saturated heterocycles. The number of piperazine rings is 1. The van der Waals surface area contributed by atoms with Crippen LogP contribution in [0.5, 0.6) is 0 Å². The zero-order valence-corrected chi connectivity index (χ0v) is 18.8. The molecule has 1 N–H and O–H groups in total. The molecule has 1 unspecified atom stereocenters. The second-order valence-corrected chi connectivity index (χ2v) is 11.1. The van der Waals surface area contributed by atoms with Crippen LogP contribution in [-0.4, -0.2) is 55.8 Å². The smallest absolute Gasteiger partial charge is 0.252 e. The summed E-state index contributed by atoms with van der Waals surface area (Å²) in [6.45, 7) is 3.50. The fourth-order valence-corrected chi connectivity index (χ4v) is 6.69. The molecular weight excluding hydrogens is 442 g/mol. The topological polar surface area (TPSA) is 69.7 Å². The summed E-state index contributed by atoms with van der Waals surface area (Å²) in [4.78, 5) is 14.9. The Morgan fingerprint density at radius 2 is 1.73 bits per heavy atom. The van der Waals surface area contributed by atoms with Gasteiger partial charge in [0, 0.05) is 37.3 Å². The summed E-state index contributed by atoms with van der Waals surface area (Å²) in [5.41, 5.74) is 0.778. The highest BCUT2D eigenvalue weighted by Crippen LogP contribution is 2.29. The number of halogens is 1. The first-order valence-corrected chi connectivity index (χ1v) is 12.3. The first-order chi connectivity index (χ1) is 14.4. The van der Waals surface area contributed by atoms with Gasteiger partial charge in [0.15, 0.2) is 0 Å². The minimum absolute atomic E-state index is 0.104. The van der Waals surface area contributed by atoms with Crippen molar-refractivity contribution in [2.45, 2.75) is 17.2 Å². The number of anilines is 1. The Labute approximate surface area is 185 Å². The van der Waals surface area contributed by atoms with Gasteiger partial charge in [0.05, 0.1) is 10.4 Å². The van der Waals surface area contributed by atoms with Crippen molar-refractivity contribution in [3.05, 3.63) is 58.9 Å². The third kappa shape index (κ3) is 4.24. The number of amides is 1. The molecule has 0 bridgehead atoms. The highest BCUT2D eigenvalue weighted by molar-refractivity contribution is 7.91. The number of rotatable bonds is 5. The van der Waals surface area contributed by atoms with Gasteiger partial charge in [-0.05, 0) is 30.5 Å². The van der Waals surface area contributed by atoms with Gasteiger partial charge in [-0.25, -0.2) is 8.42 Å². The van der Waals surface area contributed by atoms with Crippen molar-refractivity contribution < 1.29 is 13.2 Å². The van der Waals surface area contributed by atoms with Crippen LogP contribution in [0.2, 0.25) is 4.34 Å². The molecule has 158 valence electrons. The highest BCUT2D eigenvalue weighted by Gasteiger charge is 2.32. The average Bonchev–Trinajstić information content (AvgIpc) is 3.21. The molecule has 1 aromatic heterocycles. The Bertz CT molecular complexity index is 1170. The van der Waals surface area contributed by atoms with Gasteiger partial charge in [-0.15, -0.1) is 11.3 Å². The van der Waals surface area contributed by atoms with Crippen LogP contribution in [0.1, 0.15) is 6.92 Å². The number of hydrogen-bond donors (Lipinski definition) is 1. The van der Waals surface area contributed by atoms with E-state index in [1.165, 1.54) is 10.4 Å². The maximum atomic E-state index is 12.9. The molecule has 1 atom stereocenters. The van der Waals surface area contributed by atoms with Crippen molar-refractivity contribution in [2.24, 2.45) is 0 Å². The zero-order chi connectivity index (χ0) is 21.3. The van der Waals surface area contributed by atoms with Gasteiger partial charge >= 0.3 is 0 Å². The summed E-state index contributed by atoms with van der Waals surface area (Å²) < 4.78 is 27.7. The second-order valence-electron chi connectivity index (χ2n) is 7.19. The number of thiophene rings is 1. The highest BCUT2D eigenvalue weighted by atomic mass is 35.5. The van der Waals surface area contributed by atoms with Crippen LogP contribution in [0, 0.1) is 0 Å². The lowest BCUT2D eigenvalue weighted by molar-refractivity contribution is -0.121. The van der Waals surface area contributed by atoms with E-state index in [0.717, 1.165) is 27.8 Å². The van der Waals surface area contributed by atoms with Gasteiger partial charge in [-0.3, -0.25) is 9.69 Å². The molecule has 6 nitrogen and oxygen atoms in total. The van der Waals surface area contributed by atoms with E-state index in [1.54, 1.807) is 6.07 Å². The molecule has 0 saturated carbocycles. The van der Waals surface area contributed by atoms with Crippen molar-refractivity contribution >= 4 is 55.3 Å². The standard InChI is InChI=1S/C21H22ClN3O3S2/c1-15(21(26)23-18-8-4-6-16-5-2-3-7-17(16)18)24-11-13-25(14-12-24)30(27,28)20-10-9-19(22)29-20/h2-10,15H,11-14H2,1H3,(H,23,26). The number of sulfonamides is 1. The molecule has 9 heteroatoms. The Morgan fingerprint density at radius 3 is 2.43 bits per heavy atom. The molecule has 2 heterocycles. The van der Waals surface area contributed by atoms with E-state index in [4.69, 9.17) is 11.6 Å². The minimum atomic E-state index is -3.54. The van der Waals surface area contributed by atoms with E-state index in [-0.39, 0.29) is 16.2 Å². The molecule has 4 rings (SSSR count). The Kier molecular flexibility index (Phi) is 6.13. The summed E-state index contributed by atoms with van der Waals surface area (Å²) in [6.07, 6.45) is 0. The Balaban J connectivity index is 1.40. The minimum Gasteiger partial charge on any atom is -0.324 e. The zero-order valence-electron chi connectivity index (χ0n) is 16.4. The summed E-state index contributed by atoms with van der Waals surface area (Å²) in [7, 11) is -3.54. The molecule has 1 amide bonds. The Morgan fingerprint density at radius 1 is 1.03 bits per heavy atom. The first kappa shape index (κ1) is 21.3. The molecule has 0 aliphatic carbocycles. The molecule has 1 aliphatic rings. The lowest BCUT2D eigenvalue weighted by atomic mass is 10.1. The summed E-state index contributed by atoms with van der Waals surface area (Å²) in [6, 6.07) is 16.5. The first-order valence-electron chi connectivity index (χ1n) is 9.64. The molecule has 0 radical (unpaired) electrons. The van der Waals surface area contributed by atoms with Crippen molar-refractivity contribution in [2.75, 3.05) is 31.5 Å². The van der Waals surface area contributed by atoms with E-state index in [9.17, 15) is 13.2 Å². The molecule has 0 spiro atoms. The SMILES string of the molecule is CC(C(=O)Nc1cccc2ccccc12)N1CCN(S(=O)(=O)c2ccc(Cl)s2)CC1. The van der Waals surface area contributed by atoms with Crippen molar-refractivity contribution in [1.82, 2.24) is 9.21 Å². The summed E-state index contributed by atoms with van der Waals surface area (Å²) in [5, 5.41) is 5.08. The molecule has 2 aromatic carbocycles. The fourth-order valence-electron chi connectivity index (χ4n) is 3.63. The maximum Gasteiger partial charge on any atom is 0.252 e. The van der Waals surface area contributed by atoms with Crippen LogP contribution in [0.3, 0.4) is 0 Å². The van der Waals surface area contributed by atoms with Crippen LogP contribution < -0.4 is 5.32 Å². The lowest BCUT2D eigenvalue weighted by Gasteiger charge is -2.36. The van der Waals surface area contributed by atoms with Crippen molar-refractivity contribution in [3.63, 3.8) is 0 Å². The van der Waals surface area contributed by atoms with Crippen LogP contribution in [0.4, 0.5) is 5.69 Å². The second kappa shape index (κ2) is 8.64. The molecule has 1 fully saturated rings. The van der Waals surface area contributed by atoms with Crippen LogP contribution in [-0.2, 0) is 14.8 Å². The van der Waals surface area contributed by atoms with Gasteiger partial charge in [0.2, 0.25) is 5.91 Å². The average molecular weight is 464 g/mol. The summed E-state index contributed by atoms with van der Waals surface area (Å²) >= 11 is 6.95. The van der Waals surface area contributed by atoms with Crippen LogP contribution in [0.25, 0.3) is 10.8 Å². The Hall–Kier alpha value is -1.97. The number of carbonyl (C=O) groups excluding carboxylic acids is 1. The van der Waals surface area contributed by atoms with Crippen LogP contribution >= 0.6 is 22.9 Å². The predicted octanol–water partition coefficient (Wildman–Crippen LogP) is 3.89. The largest absolute Gasteiger partial charge is 0.324 e. The number of carbonyl (C=O) groups is 1. The van der Waals surface area contributed by atoms with Gasteiger partial charge in [-0.1, -0.05) is 48.0 Å². The molecule has 3 aromatic rings. The molecule has 30 heavy (non-hydrogen) atoms. The van der Waals surface area contributed by atoms with Crippen molar-refractivity contribution in [3.8, 4) is 0 Å². The van der Waals surface area contributed by atoms with Gasteiger partial charge in [-0.2, -0.15) is 4.31 Å². The van der Waals surface area contributed by atoms with E-state index < -0.39 is 10.0 Å². The third-order valence-electron chi connectivity index (χ3n) is 5.39. The van der Waals surface area contributed by atoms with Gasteiger partial charge < -0.3 is 5.32 Å². The van der Waals surface area contributed by atoms with E-state index in [1.807, 2.05) is 54.3 Å². The lowest BCUT2D eigenvalue weighted by Crippen LogP contribution is -2.53. The normalized spacial score (nSPS) is 17.1. The van der Waals surface area contributed by atoms with E-state index in [0.29, 0.717) is 30.5 Å². The van der Waals surface area contributed by atoms with Gasteiger partial charge in [0.1, 0.15) is 4.21 Å². The number of nitrogens with one attached hydrogen (secondary N) is 1. The molecular formula is C21H22ClN3O3S2. The number of fused-ring (bicyclic) bond motifs is 1. The van der Waals surface area contributed by atoms with E-state index in [2.05, 4.69) is 5.32 Å². The number of hydrogen-bond acceptors (Lipinski definition) is 5. The number of benzene rings is 2. The third-order valence-corrected chi connectivity index (χ3v) is 8.99. The monoisotopic (exact) mass is 463 g/mol. The number of nitrogens with zero attached hydrogens (tertiary/aromatic N) is 2.